The number of anilines is 1. The van der Waals surface area contributed by atoms with Crippen molar-refractivity contribution >= 4 is 40.1 Å². The van der Waals surface area contributed by atoms with Crippen molar-refractivity contribution in [2.45, 2.75) is 111 Å². The monoisotopic (exact) mass is 722 g/mol. The van der Waals surface area contributed by atoms with Gasteiger partial charge in [-0.1, -0.05) is 32.4 Å². The lowest BCUT2D eigenvalue weighted by atomic mass is 9.43. The van der Waals surface area contributed by atoms with Crippen molar-refractivity contribution in [1.29, 1.82) is 0 Å². The smallest absolute Gasteiger partial charge is 0.302 e. The summed E-state index contributed by atoms with van der Waals surface area (Å²) in [6.45, 7) is 13.4. The fourth-order valence-electron chi connectivity index (χ4n) is 11.9. The molecule has 282 valence electrons. The number of carbonyl (C=O) groups is 2. The van der Waals surface area contributed by atoms with Crippen molar-refractivity contribution in [2.24, 2.45) is 46.3 Å². The lowest BCUT2D eigenvalue weighted by Crippen LogP contribution is -2.63. The Morgan fingerprint density at radius 2 is 1.76 bits per heavy atom. The van der Waals surface area contributed by atoms with Gasteiger partial charge in [-0.3, -0.25) is 14.6 Å². The van der Waals surface area contributed by atoms with Crippen LogP contribution in [0.15, 0.2) is 30.5 Å². The Hall–Kier alpha value is -2.42. The Balaban J connectivity index is 1.12. The van der Waals surface area contributed by atoms with E-state index in [9.17, 15) is 9.59 Å². The number of ether oxygens (including phenoxy) is 2. The summed E-state index contributed by atoms with van der Waals surface area (Å²) in [5.74, 6) is 2.20. The van der Waals surface area contributed by atoms with E-state index >= 15 is 0 Å². The fourth-order valence-corrected chi connectivity index (χ4v) is 12.1. The van der Waals surface area contributed by atoms with Crippen LogP contribution in [0, 0.1) is 46.3 Å². The van der Waals surface area contributed by atoms with Crippen LogP contribution in [0.25, 0.3) is 10.9 Å². The summed E-state index contributed by atoms with van der Waals surface area (Å²) in [6.07, 6.45) is 11.5. The van der Waals surface area contributed by atoms with Crippen molar-refractivity contribution < 1.29 is 19.1 Å². The first kappa shape index (κ1) is 38.3. The summed E-state index contributed by atoms with van der Waals surface area (Å²) in [7, 11) is 6.60. The van der Waals surface area contributed by atoms with Crippen molar-refractivity contribution in [2.75, 3.05) is 46.1 Å². The molecule has 0 radical (unpaired) electrons. The molecule has 4 fully saturated rings. The number of fused-ring (bicyclic) bond motifs is 6. The lowest BCUT2D eigenvalue weighted by Gasteiger charge is -2.64. The first-order chi connectivity index (χ1) is 24.2. The molecule has 4 aliphatic rings. The summed E-state index contributed by atoms with van der Waals surface area (Å²) >= 11 is 6.18. The summed E-state index contributed by atoms with van der Waals surface area (Å²) < 4.78 is 12.7. The Morgan fingerprint density at radius 3 is 2.49 bits per heavy atom. The van der Waals surface area contributed by atoms with Gasteiger partial charge in [-0.15, -0.1) is 0 Å². The third-order valence-electron chi connectivity index (χ3n) is 14.5. The van der Waals surface area contributed by atoms with Gasteiger partial charge in [0.15, 0.2) is 0 Å². The molecule has 11 atom stereocenters. The standard InChI is InChI=1S/C42H63ClN4O4/c1-26(10-9-20-47(8)21-19-45-36-16-18-44-37-24-30(43)11-12-32(36)37)33-13-14-34-40-35(25-39(42(33,34)5)51-28(3)49)41(4)17-15-31(46(6)7)22-29(41)23-38(40)50-27(2)48/h11-12,16,18,24,26,29,31,33-35,38-40H,9-10,13-15,17,19-23,25H2,1-8H3,(H,44,45)/t26?,29-,31+,33+,34?,35?,38+,39-,40?,41-,42+/m0/s1. The van der Waals surface area contributed by atoms with Crippen LogP contribution in [0.5, 0.6) is 0 Å². The maximum absolute atomic E-state index is 12.8. The zero-order valence-electron chi connectivity index (χ0n) is 32.4. The van der Waals surface area contributed by atoms with Crippen LogP contribution < -0.4 is 5.32 Å². The zero-order valence-corrected chi connectivity index (χ0v) is 33.2. The minimum absolute atomic E-state index is 0.0617. The van der Waals surface area contributed by atoms with E-state index in [0.29, 0.717) is 46.6 Å². The van der Waals surface area contributed by atoms with Gasteiger partial charge >= 0.3 is 11.9 Å². The van der Waals surface area contributed by atoms with Gasteiger partial charge < -0.3 is 24.6 Å². The van der Waals surface area contributed by atoms with Gasteiger partial charge in [-0.25, -0.2) is 0 Å². The quantitative estimate of drug-likeness (QED) is 0.219. The molecule has 9 heteroatoms. The van der Waals surface area contributed by atoms with Gasteiger partial charge in [0.1, 0.15) is 12.2 Å². The number of nitrogens with one attached hydrogen (secondary N) is 1. The molecular formula is C42H63ClN4O4. The molecule has 51 heavy (non-hydrogen) atoms. The van der Waals surface area contributed by atoms with Crippen LogP contribution in [0.4, 0.5) is 5.69 Å². The molecule has 1 heterocycles. The van der Waals surface area contributed by atoms with Crippen LogP contribution in [0.3, 0.4) is 0 Å². The highest BCUT2D eigenvalue weighted by Crippen LogP contribution is 2.69. The summed E-state index contributed by atoms with van der Waals surface area (Å²) in [6, 6.07) is 8.44. The number of likely N-dealkylation sites (N-methyl/N-ethyl adjacent to an activating group) is 1. The third kappa shape index (κ3) is 7.66. The number of aromatic nitrogens is 1. The molecule has 2 aromatic rings. The van der Waals surface area contributed by atoms with Crippen LogP contribution in [0.1, 0.15) is 92.4 Å². The van der Waals surface area contributed by atoms with Gasteiger partial charge in [0.05, 0.1) is 5.52 Å². The molecule has 8 nitrogen and oxygen atoms in total. The van der Waals surface area contributed by atoms with Gasteiger partial charge in [0.2, 0.25) is 0 Å². The topological polar surface area (TPSA) is 84.0 Å². The average molecular weight is 723 g/mol. The lowest BCUT2D eigenvalue weighted by molar-refractivity contribution is -0.222. The maximum Gasteiger partial charge on any atom is 0.302 e. The van der Waals surface area contributed by atoms with Crippen molar-refractivity contribution in [3.63, 3.8) is 0 Å². The number of rotatable bonds is 12. The number of benzene rings is 1. The number of pyridine rings is 1. The summed E-state index contributed by atoms with van der Waals surface area (Å²) in [4.78, 5) is 34.6. The van der Waals surface area contributed by atoms with E-state index in [2.05, 4.69) is 62.0 Å². The predicted octanol–water partition coefficient (Wildman–Crippen LogP) is 8.32. The Morgan fingerprint density at radius 1 is 1.00 bits per heavy atom. The molecule has 0 aliphatic heterocycles. The number of hydrogen-bond donors (Lipinski definition) is 1. The second-order valence-electron chi connectivity index (χ2n) is 17.5. The largest absolute Gasteiger partial charge is 0.462 e. The van der Waals surface area contributed by atoms with E-state index in [1.807, 2.05) is 30.5 Å². The number of halogens is 1. The number of carbonyl (C=O) groups excluding carboxylic acids is 2. The molecule has 4 saturated carbocycles. The highest BCUT2D eigenvalue weighted by atomic mass is 35.5. The Kier molecular flexibility index (Phi) is 11.7. The normalized spacial score (nSPS) is 35.2. The average Bonchev–Trinajstić information content (AvgIpc) is 3.42. The minimum Gasteiger partial charge on any atom is -0.462 e. The molecule has 6 rings (SSSR count). The van der Waals surface area contributed by atoms with Crippen LogP contribution >= 0.6 is 11.6 Å². The molecular weight excluding hydrogens is 660 g/mol. The number of nitrogens with zero attached hydrogens (tertiary/aromatic N) is 3. The Bertz CT molecular complexity index is 1550. The zero-order chi connectivity index (χ0) is 36.7. The van der Waals surface area contributed by atoms with E-state index in [-0.39, 0.29) is 35.0 Å². The molecule has 1 N–H and O–H groups in total. The molecule has 0 spiro atoms. The predicted molar refractivity (Wildman–Crippen MR) is 206 cm³/mol. The molecule has 0 amide bonds. The van der Waals surface area contributed by atoms with Crippen molar-refractivity contribution in [3.8, 4) is 0 Å². The van der Waals surface area contributed by atoms with E-state index in [0.717, 1.165) is 81.2 Å². The highest BCUT2D eigenvalue weighted by Gasteiger charge is 2.67. The second-order valence-corrected chi connectivity index (χ2v) is 18.0. The van der Waals surface area contributed by atoms with Crippen molar-refractivity contribution in [3.05, 3.63) is 35.5 Å². The van der Waals surface area contributed by atoms with E-state index in [4.69, 9.17) is 21.1 Å². The highest BCUT2D eigenvalue weighted by molar-refractivity contribution is 6.31. The Labute approximate surface area is 311 Å². The van der Waals surface area contributed by atoms with E-state index < -0.39 is 0 Å². The third-order valence-corrected chi connectivity index (χ3v) is 14.8. The van der Waals surface area contributed by atoms with Gasteiger partial charge in [0.25, 0.3) is 0 Å². The summed E-state index contributed by atoms with van der Waals surface area (Å²) in [5.41, 5.74) is 2.01. The molecule has 4 aliphatic carbocycles. The van der Waals surface area contributed by atoms with Gasteiger partial charge in [0, 0.05) is 66.6 Å². The van der Waals surface area contributed by atoms with E-state index in [1.54, 1.807) is 13.8 Å². The van der Waals surface area contributed by atoms with Crippen LogP contribution in [-0.4, -0.2) is 85.7 Å². The molecule has 0 saturated heterocycles. The first-order valence-corrected chi connectivity index (χ1v) is 20.1. The second kappa shape index (κ2) is 15.5. The molecule has 4 unspecified atom stereocenters. The number of hydrogen-bond acceptors (Lipinski definition) is 8. The maximum atomic E-state index is 12.8. The van der Waals surface area contributed by atoms with E-state index in [1.165, 1.54) is 12.8 Å². The van der Waals surface area contributed by atoms with Crippen LogP contribution in [0.2, 0.25) is 5.02 Å². The summed E-state index contributed by atoms with van der Waals surface area (Å²) in [5, 5.41) is 5.39. The van der Waals surface area contributed by atoms with Crippen LogP contribution in [-0.2, 0) is 19.1 Å². The SMILES string of the molecule is CC(=O)O[C@H]1CC2C(C3CC[C@H](C(C)CCCN(C)CCNc4ccnc5cc(Cl)ccc45)[C@]31C)[C@H](OC(C)=O)C[C@@H]1C[C@H](N(C)C)CC[C@]21C. The first-order valence-electron chi connectivity index (χ1n) is 19.7. The molecule has 0 bridgehead atoms. The van der Waals surface area contributed by atoms with Gasteiger partial charge in [-0.05, 0) is 145 Å². The number of esters is 2. The molecule has 1 aromatic carbocycles. The minimum atomic E-state index is -0.166. The molecule has 1 aromatic heterocycles. The fraction of sp³-hybridized carbons (Fsp3) is 0.738. The van der Waals surface area contributed by atoms with Crippen molar-refractivity contribution in [1.82, 2.24) is 14.8 Å². The van der Waals surface area contributed by atoms with Gasteiger partial charge in [-0.2, -0.15) is 0 Å².